The number of hydrogen-bond donors (Lipinski definition) is 1. The summed E-state index contributed by atoms with van der Waals surface area (Å²) in [6.07, 6.45) is 3.00. The SMILES string of the molecule is C=CCC(=O)N1CCC(N)C1. The van der Waals surface area contributed by atoms with Gasteiger partial charge in [-0.2, -0.15) is 0 Å². The Hall–Kier alpha value is -0.830. The first-order valence-corrected chi connectivity index (χ1v) is 3.88. The van der Waals surface area contributed by atoms with Crippen LogP contribution in [0.4, 0.5) is 0 Å². The van der Waals surface area contributed by atoms with Crippen molar-refractivity contribution in [1.82, 2.24) is 4.90 Å². The van der Waals surface area contributed by atoms with Crippen molar-refractivity contribution < 1.29 is 4.79 Å². The number of rotatable bonds is 2. The van der Waals surface area contributed by atoms with Crippen LogP contribution in [0.5, 0.6) is 0 Å². The van der Waals surface area contributed by atoms with E-state index in [4.69, 9.17) is 5.73 Å². The molecule has 0 radical (unpaired) electrons. The van der Waals surface area contributed by atoms with Crippen LogP contribution >= 0.6 is 0 Å². The minimum Gasteiger partial charge on any atom is -0.341 e. The van der Waals surface area contributed by atoms with E-state index < -0.39 is 0 Å². The zero-order chi connectivity index (χ0) is 8.27. The number of nitrogens with zero attached hydrogens (tertiary/aromatic N) is 1. The van der Waals surface area contributed by atoms with E-state index in [0.717, 1.165) is 13.0 Å². The van der Waals surface area contributed by atoms with Crippen LogP contribution in [0.25, 0.3) is 0 Å². The largest absolute Gasteiger partial charge is 0.341 e. The van der Waals surface area contributed by atoms with Crippen molar-refractivity contribution in [3.63, 3.8) is 0 Å². The summed E-state index contributed by atoms with van der Waals surface area (Å²) in [5.41, 5.74) is 5.64. The minimum absolute atomic E-state index is 0.146. The van der Waals surface area contributed by atoms with E-state index in [2.05, 4.69) is 6.58 Å². The number of carbonyl (C=O) groups is 1. The number of carbonyl (C=O) groups excluding carboxylic acids is 1. The van der Waals surface area contributed by atoms with Gasteiger partial charge in [0.15, 0.2) is 0 Å². The van der Waals surface area contributed by atoms with Crippen LogP contribution in [0.3, 0.4) is 0 Å². The molecule has 0 aromatic carbocycles. The molecule has 1 heterocycles. The molecule has 0 aromatic rings. The molecule has 0 aliphatic carbocycles. The van der Waals surface area contributed by atoms with Gasteiger partial charge in [0, 0.05) is 25.6 Å². The number of hydrogen-bond acceptors (Lipinski definition) is 2. The molecule has 1 amide bonds. The molecule has 1 aliphatic heterocycles. The quantitative estimate of drug-likeness (QED) is 0.574. The average Bonchev–Trinajstić information content (AvgIpc) is 2.36. The lowest BCUT2D eigenvalue weighted by atomic mass is 10.3. The molecular formula is C8H14N2O. The van der Waals surface area contributed by atoms with Crippen molar-refractivity contribution in [3.05, 3.63) is 12.7 Å². The molecule has 1 fully saturated rings. The highest BCUT2D eigenvalue weighted by Gasteiger charge is 2.21. The Morgan fingerprint density at radius 1 is 1.82 bits per heavy atom. The summed E-state index contributed by atoms with van der Waals surface area (Å²) in [5, 5.41) is 0. The Morgan fingerprint density at radius 3 is 3.00 bits per heavy atom. The van der Waals surface area contributed by atoms with E-state index in [9.17, 15) is 4.79 Å². The summed E-state index contributed by atoms with van der Waals surface area (Å²) in [7, 11) is 0. The number of likely N-dealkylation sites (tertiary alicyclic amines) is 1. The van der Waals surface area contributed by atoms with E-state index in [1.54, 1.807) is 11.0 Å². The van der Waals surface area contributed by atoms with Gasteiger partial charge in [-0.3, -0.25) is 4.79 Å². The van der Waals surface area contributed by atoms with Gasteiger partial charge in [-0.25, -0.2) is 0 Å². The zero-order valence-corrected chi connectivity index (χ0v) is 6.62. The van der Waals surface area contributed by atoms with Crippen LogP contribution < -0.4 is 5.73 Å². The van der Waals surface area contributed by atoms with Crippen molar-refractivity contribution in [2.24, 2.45) is 5.73 Å². The molecule has 11 heavy (non-hydrogen) atoms. The number of amides is 1. The van der Waals surface area contributed by atoms with E-state index in [1.807, 2.05) is 0 Å². The van der Waals surface area contributed by atoms with Gasteiger partial charge in [0.1, 0.15) is 0 Å². The van der Waals surface area contributed by atoms with Crippen LogP contribution in [-0.4, -0.2) is 29.9 Å². The third-order valence-corrected chi connectivity index (χ3v) is 1.90. The highest BCUT2D eigenvalue weighted by molar-refractivity contribution is 5.77. The van der Waals surface area contributed by atoms with Crippen LogP contribution in [-0.2, 0) is 4.79 Å². The van der Waals surface area contributed by atoms with Gasteiger partial charge >= 0.3 is 0 Å². The smallest absolute Gasteiger partial charge is 0.226 e. The summed E-state index contributed by atoms with van der Waals surface area (Å²) in [6.45, 7) is 5.04. The van der Waals surface area contributed by atoms with Crippen LogP contribution in [0, 0.1) is 0 Å². The van der Waals surface area contributed by atoms with Gasteiger partial charge in [-0.1, -0.05) is 6.08 Å². The van der Waals surface area contributed by atoms with Crippen LogP contribution in [0.1, 0.15) is 12.8 Å². The van der Waals surface area contributed by atoms with Crippen molar-refractivity contribution in [1.29, 1.82) is 0 Å². The van der Waals surface area contributed by atoms with Crippen molar-refractivity contribution in [2.45, 2.75) is 18.9 Å². The highest BCUT2D eigenvalue weighted by Crippen LogP contribution is 2.08. The van der Waals surface area contributed by atoms with Gasteiger partial charge in [0.2, 0.25) is 5.91 Å². The van der Waals surface area contributed by atoms with Crippen LogP contribution in [0.2, 0.25) is 0 Å². The summed E-state index contributed by atoms with van der Waals surface area (Å²) in [5.74, 6) is 0.146. The molecule has 1 rings (SSSR count). The second-order valence-electron chi connectivity index (χ2n) is 2.88. The lowest BCUT2D eigenvalue weighted by molar-refractivity contribution is -0.129. The van der Waals surface area contributed by atoms with Crippen molar-refractivity contribution in [2.75, 3.05) is 13.1 Å². The highest BCUT2D eigenvalue weighted by atomic mass is 16.2. The molecular weight excluding hydrogens is 140 g/mol. The molecule has 0 bridgehead atoms. The van der Waals surface area contributed by atoms with Gasteiger partial charge < -0.3 is 10.6 Å². The molecule has 3 nitrogen and oxygen atoms in total. The Morgan fingerprint density at radius 2 is 2.55 bits per heavy atom. The topological polar surface area (TPSA) is 46.3 Å². The predicted molar refractivity (Wildman–Crippen MR) is 44.0 cm³/mol. The molecule has 1 atom stereocenters. The minimum atomic E-state index is 0.146. The normalized spacial score (nSPS) is 23.7. The Kier molecular flexibility index (Phi) is 2.65. The molecule has 0 saturated carbocycles. The van der Waals surface area contributed by atoms with Gasteiger partial charge in [-0.05, 0) is 6.42 Å². The maximum atomic E-state index is 11.2. The standard InChI is InChI=1S/C8H14N2O/c1-2-3-8(11)10-5-4-7(9)6-10/h2,7H,1,3-6,9H2. The molecule has 3 heteroatoms. The summed E-state index contributed by atoms with van der Waals surface area (Å²) in [6, 6.07) is 0.184. The van der Waals surface area contributed by atoms with Gasteiger partial charge in [-0.15, -0.1) is 6.58 Å². The van der Waals surface area contributed by atoms with Crippen molar-refractivity contribution >= 4 is 5.91 Å². The Labute approximate surface area is 66.9 Å². The van der Waals surface area contributed by atoms with Crippen molar-refractivity contribution in [3.8, 4) is 0 Å². The molecule has 62 valence electrons. The molecule has 0 spiro atoms. The monoisotopic (exact) mass is 154 g/mol. The summed E-state index contributed by atoms with van der Waals surface area (Å²) < 4.78 is 0. The lowest BCUT2D eigenvalue weighted by Crippen LogP contribution is -2.31. The Bertz CT molecular complexity index is 167. The number of nitrogens with two attached hydrogens (primary N) is 1. The molecule has 2 N–H and O–H groups in total. The second-order valence-corrected chi connectivity index (χ2v) is 2.88. The molecule has 1 unspecified atom stereocenters. The second kappa shape index (κ2) is 3.53. The molecule has 1 saturated heterocycles. The average molecular weight is 154 g/mol. The maximum absolute atomic E-state index is 11.2. The lowest BCUT2D eigenvalue weighted by Gasteiger charge is -2.13. The first-order valence-electron chi connectivity index (χ1n) is 3.88. The third kappa shape index (κ3) is 2.05. The van der Waals surface area contributed by atoms with E-state index >= 15 is 0 Å². The summed E-state index contributed by atoms with van der Waals surface area (Å²) >= 11 is 0. The fourth-order valence-corrected chi connectivity index (χ4v) is 1.27. The van der Waals surface area contributed by atoms with E-state index in [-0.39, 0.29) is 11.9 Å². The van der Waals surface area contributed by atoms with E-state index in [0.29, 0.717) is 13.0 Å². The zero-order valence-electron chi connectivity index (χ0n) is 6.62. The third-order valence-electron chi connectivity index (χ3n) is 1.90. The molecule has 0 aromatic heterocycles. The van der Waals surface area contributed by atoms with Crippen LogP contribution in [0.15, 0.2) is 12.7 Å². The molecule has 1 aliphatic rings. The predicted octanol–water partition coefficient (Wildman–Crippen LogP) is 0.122. The Balaban J connectivity index is 2.36. The first-order chi connectivity index (χ1) is 5.24. The fourth-order valence-electron chi connectivity index (χ4n) is 1.27. The first kappa shape index (κ1) is 8.27. The maximum Gasteiger partial charge on any atom is 0.226 e. The van der Waals surface area contributed by atoms with Gasteiger partial charge in [0.05, 0.1) is 0 Å². The van der Waals surface area contributed by atoms with Gasteiger partial charge in [0.25, 0.3) is 0 Å². The summed E-state index contributed by atoms with van der Waals surface area (Å²) in [4.78, 5) is 13.0. The van der Waals surface area contributed by atoms with E-state index in [1.165, 1.54) is 0 Å². The fraction of sp³-hybridized carbons (Fsp3) is 0.625.